The number of hydrogen-bond acceptors (Lipinski definition) is 4. The Hall–Kier alpha value is -1.39. The van der Waals surface area contributed by atoms with Crippen LogP contribution in [0.4, 0.5) is 0 Å². The molecule has 18 heavy (non-hydrogen) atoms. The zero-order valence-electron chi connectivity index (χ0n) is 11.4. The van der Waals surface area contributed by atoms with Crippen molar-refractivity contribution in [1.29, 1.82) is 0 Å². The van der Waals surface area contributed by atoms with Gasteiger partial charge in [-0.25, -0.2) is 4.79 Å². The van der Waals surface area contributed by atoms with Gasteiger partial charge in [0.2, 0.25) is 5.82 Å². The molecule has 0 amide bonds. The maximum Gasteiger partial charge on any atom is 0.376 e. The monoisotopic (exact) mass is 251 g/mol. The standard InChI is InChI=1S/C13H21N3O2/c1-4-6-13(7-8-13)9-16-10(3)14-15-11(16)12(17)18-5-2/h4-9H2,1-3H3. The average molecular weight is 251 g/mol. The van der Waals surface area contributed by atoms with E-state index in [1.165, 1.54) is 25.7 Å². The van der Waals surface area contributed by atoms with Crippen LogP contribution in [-0.4, -0.2) is 27.3 Å². The molecule has 1 saturated carbocycles. The second-order valence-corrected chi connectivity index (χ2v) is 5.13. The number of rotatable bonds is 6. The van der Waals surface area contributed by atoms with Crippen molar-refractivity contribution in [2.75, 3.05) is 6.61 Å². The van der Waals surface area contributed by atoms with Crippen molar-refractivity contribution < 1.29 is 9.53 Å². The van der Waals surface area contributed by atoms with Gasteiger partial charge in [0, 0.05) is 6.54 Å². The highest BCUT2D eigenvalue weighted by molar-refractivity contribution is 5.85. The van der Waals surface area contributed by atoms with Crippen molar-refractivity contribution in [3.8, 4) is 0 Å². The van der Waals surface area contributed by atoms with E-state index in [-0.39, 0.29) is 5.97 Å². The van der Waals surface area contributed by atoms with E-state index in [9.17, 15) is 4.79 Å². The van der Waals surface area contributed by atoms with Crippen LogP contribution in [0.1, 0.15) is 56.0 Å². The molecule has 0 aromatic carbocycles. The minimum absolute atomic E-state index is 0.344. The highest BCUT2D eigenvalue weighted by Crippen LogP contribution is 2.51. The van der Waals surface area contributed by atoms with Crippen LogP contribution in [0.3, 0.4) is 0 Å². The topological polar surface area (TPSA) is 57.0 Å². The Morgan fingerprint density at radius 2 is 2.11 bits per heavy atom. The number of aromatic nitrogens is 3. The molecule has 1 fully saturated rings. The molecule has 0 bridgehead atoms. The molecule has 1 aliphatic carbocycles. The quantitative estimate of drug-likeness (QED) is 0.728. The Morgan fingerprint density at radius 3 is 2.67 bits per heavy atom. The van der Waals surface area contributed by atoms with Crippen LogP contribution in [0.25, 0.3) is 0 Å². The van der Waals surface area contributed by atoms with Gasteiger partial charge >= 0.3 is 5.97 Å². The van der Waals surface area contributed by atoms with E-state index in [0.29, 0.717) is 17.8 Å². The van der Waals surface area contributed by atoms with Crippen molar-refractivity contribution in [3.63, 3.8) is 0 Å². The van der Waals surface area contributed by atoms with Crippen LogP contribution in [0, 0.1) is 12.3 Å². The smallest absolute Gasteiger partial charge is 0.376 e. The number of carbonyl (C=O) groups excluding carboxylic acids is 1. The Bertz CT molecular complexity index is 435. The van der Waals surface area contributed by atoms with Crippen LogP contribution in [0.2, 0.25) is 0 Å². The second kappa shape index (κ2) is 5.08. The predicted molar refractivity (Wildman–Crippen MR) is 67.3 cm³/mol. The van der Waals surface area contributed by atoms with E-state index in [2.05, 4.69) is 17.1 Å². The summed E-state index contributed by atoms with van der Waals surface area (Å²) in [5, 5.41) is 7.95. The molecule has 100 valence electrons. The lowest BCUT2D eigenvalue weighted by Gasteiger charge is -2.16. The molecule has 0 spiro atoms. The molecule has 5 nitrogen and oxygen atoms in total. The molecule has 0 saturated heterocycles. The molecule has 1 aromatic heterocycles. The third-order valence-corrected chi connectivity index (χ3v) is 3.62. The van der Waals surface area contributed by atoms with Gasteiger partial charge in [0.1, 0.15) is 5.82 Å². The molecule has 1 heterocycles. The van der Waals surface area contributed by atoms with Gasteiger partial charge in [0.25, 0.3) is 0 Å². The lowest BCUT2D eigenvalue weighted by molar-refractivity contribution is 0.0503. The van der Waals surface area contributed by atoms with Crippen molar-refractivity contribution in [1.82, 2.24) is 14.8 Å². The number of carbonyl (C=O) groups is 1. The summed E-state index contributed by atoms with van der Waals surface area (Å²) >= 11 is 0. The zero-order chi connectivity index (χ0) is 13.2. The fourth-order valence-electron chi connectivity index (χ4n) is 2.45. The second-order valence-electron chi connectivity index (χ2n) is 5.13. The fraction of sp³-hybridized carbons (Fsp3) is 0.769. The number of ether oxygens (including phenoxy) is 1. The summed E-state index contributed by atoms with van der Waals surface area (Å²) in [7, 11) is 0. The van der Waals surface area contributed by atoms with E-state index in [4.69, 9.17) is 4.74 Å². The molecule has 5 heteroatoms. The van der Waals surface area contributed by atoms with E-state index in [1.807, 2.05) is 11.5 Å². The van der Waals surface area contributed by atoms with Crippen LogP contribution < -0.4 is 0 Å². The first kappa shape index (κ1) is 13.1. The van der Waals surface area contributed by atoms with E-state index >= 15 is 0 Å². The molecule has 0 unspecified atom stereocenters. The normalized spacial score (nSPS) is 16.6. The molecular formula is C13H21N3O2. The van der Waals surface area contributed by atoms with Crippen molar-refractivity contribution in [2.24, 2.45) is 5.41 Å². The van der Waals surface area contributed by atoms with Crippen molar-refractivity contribution in [2.45, 2.75) is 53.0 Å². The Balaban J connectivity index is 2.17. The third-order valence-electron chi connectivity index (χ3n) is 3.62. The van der Waals surface area contributed by atoms with Gasteiger partial charge in [-0.15, -0.1) is 10.2 Å². The number of esters is 1. The van der Waals surface area contributed by atoms with Gasteiger partial charge in [-0.05, 0) is 38.5 Å². The van der Waals surface area contributed by atoms with Gasteiger partial charge in [-0.1, -0.05) is 13.3 Å². The lowest BCUT2D eigenvalue weighted by Crippen LogP contribution is -2.19. The maximum atomic E-state index is 11.8. The summed E-state index contributed by atoms with van der Waals surface area (Å²) < 4.78 is 6.93. The van der Waals surface area contributed by atoms with Gasteiger partial charge in [0.15, 0.2) is 0 Å². The first-order valence-electron chi connectivity index (χ1n) is 6.69. The fourth-order valence-corrected chi connectivity index (χ4v) is 2.45. The SMILES string of the molecule is CCCC1(Cn2c(C)nnc2C(=O)OCC)CC1. The van der Waals surface area contributed by atoms with Crippen LogP contribution in [0.5, 0.6) is 0 Å². The summed E-state index contributed by atoms with van der Waals surface area (Å²) in [6.07, 6.45) is 4.85. The van der Waals surface area contributed by atoms with Crippen molar-refractivity contribution in [3.05, 3.63) is 11.6 Å². The summed E-state index contributed by atoms with van der Waals surface area (Å²) in [6.45, 7) is 7.09. The van der Waals surface area contributed by atoms with E-state index < -0.39 is 0 Å². The minimum Gasteiger partial charge on any atom is -0.460 e. The average Bonchev–Trinajstić information content (AvgIpc) is 2.99. The predicted octanol–water partition coefficient (Wildman–Crippen LogP) is 2.34. The van der Waals surface area contributed by atoms with Crippen LogP contribution >= 0.6 is 0 Å². The first-order valence-corrected chi connectivity index (χ1v) is 6.69. The molecular weight excluding hydrogens is 230 g/mol. The highest BCUT2D eigenvalue weighted by Gasteiger charge is 2.42. The number of nitrogens with zero attached hydrogens (tertiary/aromatic N) is 3. The van der Waals surface area contributed by atoms with Crippen LogP contribution in [0.15, 0.2) is 0 Å². The lowest BCUT2D eigenvalue weighted by atomic mass is 10.0. The molecule has 0 atom stereocenters. The van der Waals surface area contributed by atoms with Gasteiger partial charge in [-0.3, -0.25) is 0 Å². The Labute approximate surface area is 108 Å². The first-order chi connectivity index (χ1) is 8.62. The zero-order valence-corrected chi connectivity index (χ0v) is 11.4. The highest BCUT2D eigenvalue weighted by atomic mass is 16.5. The van der Waals surface area contributed by atoms with Gasteiger partial charge < -0.3 is 9.30 Å². The number of aryl methyl sites for hydroxylation is 1. The third kappa shape index (κ3) is 2.54. The van der Waals surface area contributed by atoms with E-state index in [0.717, 1.165) is 12.4 Å². The molecule has 1 aliphatic rings. The molecule has 0 radical (unpaired) electrons. The largest absolute Gasteiger partial charge is 0.460 e. The summed E-state index contributed by atoms with van der Waals surface area (Å²) in [5.41, 5.74) is 0.364. The minimum atomic E-state index is -0.370. The summed E-state index contributed by atoms with van der Waals surface area (Å²) in [4.78, 5) is 11.8. The van der Waals surface area contributed by atoms with Gasteiger partial charge in [0.05, 0.1) is 6.61 Å². The molecule has 1 aromatic rings. The Kier molecular flexibility index (Phi) is 3.68. The molecule has 0 N–H and O–H groups in total. The summed E-state index contributed by atoms with van der Waals surface area (Å²) in [6, 6.07) is 0. The van der Waals surface area contributed by atoms with Crippen LogP contribution in [-0.2, 0) is 11.3 Å². The summed E-state index contributed by atoms with van der Waals surface area (Å²) in [5.74, 6) is 0.766. The molecule has 2 rings (SSSR count). The van der Waals surface area contributed by atoms with Gasteiger partial charge in [-0.2, -0.15) is 0 Å². The number of hydrogen-bond donors (Lipinski definition) is 0. The maximum absolute atomic E-state index is 11.8. The Morgan fingerprint density at radius 1 is 1.39 bits per heavy atom. The van der Waals surface area contributed by atoms with Crippen molar-refractivity contribution >= 4 is 5.97 Å². The molecule has 0 aliphatic heterocycles. The van der Waals surface area contributed by atoms with E-state index in [1.54, 1.807) is 6.92 Å².